The van der Waals surface area contributed by atoms with Gasteiger partial charge in [0.2, 0.25) is 0 Å². The van der Waals surface area contributed by atoms with Crippen molar-refractivity contribution in [3.63, 3.8) is 0 Å². The Morgan fingerprint density at radius 2 is 2.00 bits per heavy atom. The first-order valence-electron chi connectivity index (χ1n) is 6.44. The van der Waals surface area contributed by atoms with Gasteiger partial charge in [0.15, 0.2) is 0 Å². The van der Waals surface area contributed by atoms with Crippen LogP contribution in [0.3, 0.4) is 0 Å². The lowest BCUT2D eigenvalue weighted by atomic mass is 9.86. The van der Waals surface area contributed by atoms with Crippen LogP contribution >= 0.6 is 11.6 Å². The Labute approximate surface area is 109 Å². The van der Waals surface area contributed by atoms with Gasteiger partial charge in [-0.15, -0.1) is 0 Å². The second-order valence-corrected chi connectivity index (χ2v) is 5.33. The van der Waals surface area contributed by atoms with E-state index in [1.807, 2.05) is 18.2 Å². The van der Waals surface area contributed by atoms with Crippen LogP contribution in [0.4, 0.5) is 5.69 Å². The largest absolute Gasteiger partial charge is 0.385 e. The predicted molar refractivity (Wildman–Crippen MR) is 74.7 cm³/mol. The van der Waals surface area contributed by atoms with Crippen LogP contribution < -0.4 is 10.6 Å². The Balaban J connectivity index is 1.76. The Morgan fingerprint density at radius 3 is 2.65 bits per heavy atom. The molecule has 2 nitrogen and oxygen atoms in total. The second kappa shape index (κ2) is 6.27. The molecular formula is C14H21ClN2. The minimum absolute atomic E-state index is 0.734. The molecule has 0 heterocycles. The minimum atomic E-state index is 0.734. The molecule has 1 aliphatic carbocycles. The van der Waals surface area contributed by atoms with E-state index in [1.54, 1.807) is 0 Å². The third-order valence-corrected chi connectivity index (χ3v) is 3.91. The van der Waals surface area contributed by atoms with Crippen molar-refractivity contribution in [1.29, 1.82) is 0 Å². The molecule has 0 aromatic heterocycles. The summed E-state index contributed by atoms with van der Waals surface area (Å²) >= 11 is 5.96. The Bertz CT molecular complexity index is 346. The summed E-state index contributed by atoms with van der Waals surface area (Å²) in [4.78, 5) is 0. The highest BCUT2D eigenvalue weighted by atomic mass is 35.5. The highest BCUT2D eigenvalue weighted by Crippen LogP contribution is 2.25. The second-order valence-electron chi connectivity index (χ2n) is 4.90. The van der Waals surface area contributed by atoms with Crippen LogP contribution in [0.1, 0.15) is 25.7 Å². The monoisotopic (exact) mass is 252 g/mol. The maximum atomic E-state index is 5.96. The molecule has 94 valence electrons. The molecule has 17 heavy (non-hydrogen) atoms. The van der Waals surface area contributed by atoms with Gasteiger partial charge in [0.1, 0.15) is 0 Å². The summed E-state index contributed by atoms with van der Waals surface area (Å²) < 4.78 is 0. The third kappa shape index (κ3) is 3.90. The van der Waals surface area contributed by atoms with Crippen LogP contribution in [-0.4, -0.2) is 19.6 Å². The van der Waals surface area contributed by atoms with Crippen molar-refractivity contribution in [1.82, 2.24) is 5.32 Å². The molecule has 2 rings (SSSR count). The van der Waals surface area contributed by atoms with Gasteiger partial charge < -0.3 is 10.6 Å². The molecule has 0 radical (unpaired) electrons. The first kappa shape index (κ1) is 12.7. The molecular weight excluding hydrogens is 232 g/mol. The van der Waals surface area contributed by atoms with Crippen LogP contribution in [-0.2, 0) is 0 Å². The van der Waals surface area contributed by atoms with Crippen LogP contribution in [0.2, 0.25) is 5.02 Å². The molecule has 0 spiro atoms. The standard InChI is InChI=1S/C14H21ClN2/c1-16-13-7-5-11(6-8-13)10-17-14-4-2-3-12(15)9-14/h2-4,9,11,13,16-17H,5-8,10H2,1H3. The van der Waals surface area contributed by atoms with E-state index in [-0.39, 0.29) is 0 Å². The molecule has 2 N–H and O–H groups in total. The van der Waals surface area contributed by atoms with Crippen molar-refractivity contribution >= 4 is 17.3 Å². The summed E-state index contributed by atoms with van der Waals surface area (Å²) in [5.41, 5.74) is 1.13. The van der Waals surface area contributed by atoms with Gasteiger partial charge >= 0.3 is 0 Å². The van der Waals surface area contributed by atoms with E-state index in [1.165, 1.54) is 25.7 Å². The lowest BCUT2D eigenvalue weighted by Crippen LogP contribution is -2.32. The molecule has 0 aliphatic heterocycles. The molecule has 0 atom stereocenters. The lowest BCUT2D eigenvalue weighted by Gasteiger charge is -2.28. The quantitative estimate of drug-likeness (QED) is 0.857. The number of benzene rings is 1. The van der Waals surface area contributed by atoms with Crippen molar-refractivity contribution < 1.29 is 0 Å². The number of anilines is 1. The summed E-state index contributed by atoms with van der Waals surface area (Å²) in [5, 5.41) is 7.65. The number of nitrogens with one attached hydrogen (secondary N) is 2. The maximum absolute atomic E-state index is 5.96. The summed E-state index contributed by atoms with van der Waals surface area (Å²) in [5.74, 6) is 0.804. The van der Waals surface area contributed by atoms with Gasteiger partial charge in [-0.25, -0.2) is 0 Å². The van der Waals surface area contributed by atoms with Crippen molar-refractivity contribution in [2.24, 2.45) is 5.92 Å². The zero-order valence-corrected chi connectivity index (χ0v) is 11.1. The molecule has 1 aromatic rings. The van der Waals surface area contributed by atoms with E-state index in [2.05, 4.69) is 23.7 Å². The lowest BCUT2D eigenvalue weighted by molar-refractivity contribution is 0.312. The first-order chi connectivity index (χ1) is 8.28. The minimum Gasteiger partial charge on any atom is -0.385 e. The van der Waals surface area contributed by atoms with E-state index in [0.29, 0.717) is 0 Å². The van der Waals surface area contributed by atoms with E-state index in [0.717, 1.165) is 29.2 Å². The summed E-state index contributed by atoms with van der Waals surface area (Å²) in [6.07, 6.45) is 5.24. The summed E-state index contributed by atoms with van der Waals surface area (Å²) in [7, 11) is 2.06. The van der Waals surface area contributed by atoms with Gasteiger partial charge in [-0.05, 0) is 56.8 Å². The van der Waals surface area contributed by atoms with Crippen molar-refractivity contribution in [2.45, 2.75) is 31.7 Å². The van der Waals surface area contributed by atoms with Gasteiger partial charge in [0, 0.05) is 23.3 Å². The van der Waals surface area contributed by atoms with Gasteiger partial charge in [0.05, 0.1) is 0 Å². The number of hydrogen-bond donors (Lipinski definition) is 2. The molecule has 1 aliphatic rings. The molecule has 0 saturated heterocycles. The van der Waals surface area contributed by atoms with Crippen LogP contribution in [0.25, 0.3) is 0 Å². The molecule has 0 bridgehead atoms. The zero-order valence-electron chi connectivity index (χ0n) is 10.4. The van der Waals surface area contributed by atoms with E-state index >= 15 is 0 Å². The predicted octanol–water partition coefficient (Wildman–Crippen LogP) is 3.53. The topological polar surface area (TPSA) is 24.1 Å². The third-order valence-electron chi connectivity index (χ3n) is 3.67. The van der Waals surface area contributed by atoms with Gasteiger partial charge in [-0.3, -0.25) is 0 Å². The SMILES string of the molecule is CNC1CCC(CNc2cccc(Cl)c2)CC1. The van der Waals surface area contributed by atoms with E-state index in [9.17, 15) is 0 Å². The van der Waals surface area contributed by atoms with Gasteiger partial charge in [-0.1, -0.05) is 17.7 Å². The van der Waals surface area contributed by atoms with E-state index in [4.69, 9.17) is 11.6 Å². The van der Waals surface area contributed by atoms with Crippen molar-refractivity contribution in [3.05, 3.63) is 29.3 Å². The fourth-order valence-electron chi connectivity index (χ4n) is 2.52. The summed E-state index contributed by atoms with van der Waals surface area (Å²) in [6.45, 7) is 1.07. The zero-order chi connectivity index (χ0) is 12.1. The van der Waals surface area contributed by atoms with Crippen LogP contribution in [0.15, 0.2) is 24.3 Å². The Hall–Kier alpha value is -0.730. The molecule has 1 fully saturated rings. The van der Waals surface area contributed by atoms with Crippen molar-refractivity contribution in [2.75, 3.05) is 18.9 Å². The van der Waals surface area contributed by atoms with Crippen LogP contribution in [0, 0.1) is 5.92 Å². The fourth-order valence-corrected chi connectivity index (χ4v) is 2.71. The highest BCUT2D eigenvalue weighted by Gasteiger charge is 2.19. The normalized spacial score (nSPS) is 24.6. The Morgan fingerprint density at radius 1 is 1.24 bits per heavy atom. The average Bonchev–Trinajstić information content (AvgIpc) is 2.37. The van der Waals surface area contributed by atoms with E-state index < -0.39 is 0 Å². The molecule has 0 amide bonds. The number of rotatable bonds is 4. The van der Waals surface area contributed by atoms with Gasteiger partial charge in [0.25, 0.3) is 0 Å². The van der Waals surface area contributed by atoms with Crippen molar-refractivity contribution in [3.8, 4) is 0 Å². The smallest absolute Gasteiger partial charge is 0.0426 e. The van der Waals surface area contributed by atoms with Gasteiger partial charge in [-0.2, -0.15) is 0 Å². The number of halogens is 1. The molecule has 0 unspecified atom stereocenters. The molecule has 3 heteroatoms. The van der Waals surface area contributed by atoms with Crippen LogP contribution in [0.5, 0.6) is 0 Å². The molecule has 1 saturated carbocycles. The summed E-state index contributed by atoms with van der Waals surface area (Å²) in [6, 6.07) is 8.69. The Kier molecular flexibility index (Phi) is 4.69. The first-order valence-corrected chi connectivity index (χ1v) is 6.82. The highest BCUT2D eigenvalue weighted by molar-refractivity contribution is 6.30. The fraction of sp³-hybridized carbons (Fsp3) is 0.571. The number of hydrogen-bond acceptors (Lipinski definition) is 2. The molecule has 1 aromatic carbocycles. The average molecular weight is 253 g/mol. The maximum Gasteiger partial charge on any atom is 0.0426 e.